The molecule has 0 N–H and O–H groups in total. The summed E-state index contributed by atoms with van der Waals surface area (Å²) in [6, 6.07) is 5.40. The van der Waals surface area contributed by atoms with Crippen molar-refractivity contribution in [3.05, 3.63) is 41.1 Å². The Morgan fingerprint density at radius 2 is 1.94 bits per heavy atom. The van der Waals surface area contributed by atoms with E-state index in [1.165, 1.54) is 13.2 Å². The van der Waals surface area contributed by atoms with Gasteiger partial charge in [0.25, 0.3) is 0 Å². The molecule has 0 aliphatic carbocycles. The molecule has 0 unspecified atom stereocenters. The van der Waals surface area contributed by atoms with Crippen LogP contribution < -0.4 is 9.47 Å². The van der Waals surface area contributed by atoms with E-state index in [0.29, 0.717) is 39.9 Å². The molecule has 5 heterocycles. The molecule has 6 rings (SSSR count). The maximum absolute atomic E-state index is 15.2. The highest BCUT2D eigenvalue weighted by atomic mass is 19.1. The summed E-state index contributed by atoms with van der Waals surface area (Å²) in [5.74, 6) is 1.50. The minimum atomic E-state index is -0.311. The molecule has 8 nitrogen and oxygen atoms in total. The second kappa shape index (κ2) is 9.46. The van der Waals surface area contributed by atoms with Crippen LogP contribution in [-0.2, 0) is 17.9 Å². The number of ether oxygens (including phenoxy) is 3. The monoisotopic (exact) mass is 469 g/mol. The Labute approximate surface area is 199 Å². The summed E-state index contributed by atoms with van der Waals surface area (Å²) in [5, 5.41) is 0. The molecule has 9 heteroatoms. The zero-order valence-electron chi connectivity index (χ0n) is 20.3. The van der Waals surface area contributed by atoms with Crippen LogP contribution in [0.3, 0.4) is 0 Å². The van der Waals surface area contributed by atoms with Gasteiger partial charge in [0.1, 0.15) is 35.6 Å². The first-order chi connectivity index (χ1) is 16.4. The lowest BCUT2D eigenvalue weighted by Gasteiger charge is -2.44. The lowest BCUT2D eigenvalue weighted by atomic mass is 9.86. The molecule has 0 saturated carbocycles. The van der Waals surface area contributed by atoms with Gasteiger partial charge in [-0.2, -0.15) is 9.97 Å². The number of halogens is 1. The summed E-state index contributed by atoms with van der Waals surface area (Å²) in [4.78, 5) is 16.0. The smallest absolute Gasteiger partial charge is 0.318 e. The molecule has 1 aromatic carbocycles. The number of aromatic nitrogens is 4. The Morgan fingerprint density at radius 3 is 2.59 bits per heavy atom. The molecule has 2 aromatic heterocycles. The van der Waals surface area contributed by atoms with Gasteiger partial charge in [-0.15, -0.1) is 0 Å². The normalized spacial score (nSPS) is 22.0. The van der Waals surface area contributed by atoms with Gasteiger partial charge in [0.05, 0.1) is 25.5 Å². The largest absolute Gasteiger partial charge is 0.489 e. The van der Waals surface area contributed by atoms with Gasteiger partial charge < -0.3 is 18.8 Å². The Kier molecular flexibility index (Phi) is 6.40. The summed E-state index contributed by atoms with van der Waals surface area (Å²) in [6.45, 7) is 9.56. The second-order valence-electron chi connectivity index (χ2n) is 9.49. The SMILES string of the molecule is COc1nc(C)c2nc(COC(C)C)n(Cc3ccc(O[C@@H]4CN5CCC4CC5)cc3F)c2n1. The Bertz CT molecular complexity index is 1170. The number of aryl methyl sites for hydroxylation is 1. The molecule has 0 amide bonds. The van der Waals surface area contributed by atoms with Gasteiger partial charge >= 0.3 is 6.01 Å². The second-order valence-corrected chi connectivity index (χ2v) is 9.49. The number of nitrogens with zero attached hydrogens (tertiary/aromatic N) is 5. The van der Waals surface area contributed by atoms with Crippen LogP contribution in [0.15, 0.2) is 18.2 Å². The Balaban J connectivity index is 1.42. The number of hydrogen-bond acceptors (Lipinski definition) is 7. The minimum Gasteiger partial charge on any atom is -0.489 e. The third-order valence-corrected chi connectivity index (χ3v) is 6.79. The van der Waals surface area contributed by atoms with Crippen molar-refractivity contribution in [2.45, 2.75) is 59.0 Å². The van der Waals surface area contributed by atoms with E-state index in [9.17, 15) is 0 Å². The van der Waals surface area contributed by atoms with E-state index < -0.39 is 0 Å². The highest BCUT2D eigenvalue weighted by Crippen LogP contribution is 2.31. The summed E-state index contributed by atoms with van der Waals surface area (Å²) in [6.07, 6.45) is 2.49. The van der Waals surface area contributed by atoms with Gasteiger partial charge in [0, 0.05) is 18.2 Å². The Hall–Kier alpha value is -2.78. The average molecular weight is 470 g/mol. The fraction of sp³-hybridized carbons (Fsp3) is 0.560. The van der Waals surface area contributed by atoms with Crippen LogP contribution in [0.5, 0.6) is 11.8 Å². The van der Waals surface area contributed by atoms with Crippen LogP contribution in [0, 0.1) is 18.7 Å². The third kappa shape index (κ3) is 4.59. The predicted octanol–water partition coefficient (Wildman–Crippen LogP) is 3.73. The van der Waals surface area contributed by atoms with Crippen molar-refractivity contribution in [2.75, 3.05) is 26.7 Å². The van der Waals surface area contributed by atoms with Crippen molar-refractivity contribution in [3.63, 3.8) is 0 Å². The molecule has 0 spiro atoms. The van der Waals surface area contributed by atoms with Gasteiger partial charge in [-0.25, -0.2) is 9.37 Å². The summed E-state index contributed by atoms with van der Waals surface area (Å²) in [7, 11) is 1.53. The average Bonchev–Trinajstić information content (AvgIpc) is 3.18. The van der Waals surface area contributed by atoms with E-state index in [1.54, 1.807) is 6.07 Å². The standard InChI is InChI=1S/C25H32FN5O3/c1-15(2)33-14-22-28-23-16(3)27-25(32-4)29-24(23)31(22)12-18-5-6-19(11-20(18)26)34-21-13-30-9-7-17(21)8-10-30/h5-6,11,15,17,21H,7-10,12-14H2,1-4H3/t21-/m1/s1. The molecule has 0 radical (unpaired) electrons. The molecule has 3 saturated heterocycles. The minimum absolute atomic E-state index is 0.0366. The molecule has 182 valence electrons. The van der Waals surface area contributed by atoms with E-state index >= 15 is 4.39 Å². The third-order valence-electron chi connectivity index (χ3n) is 6.79. The number of benzene rings is 1. The van der Waals surface area contributed by atoms with E-state index in [0.717, 1.165) is 32.5 Å². The van der Waals surface area contributed by atoms with Crippen molar-refractivity contribution >= 4 is 11.2 Å². The molecule has 1 atom stereocenters. The topological polar surface area (TPSA) is 74.5 Å². The van der Waals surface area contributed by atoms with Crippen LogP contribution in [0.4, 0.5) is 4.39 Å². The molecule has 3 fully saturated rings. The van der Waals surface area contributed by atoms with Crippen LogP contribution in [0.1, 0.15) is 43.8 Å². The number of methoxy groups -OCH3 is 1. The zero-order valence-corrected chi connectivity index (χ0v) is 20.3. The van der Waals surface area contributed by atoms with Crippen molar-refractivity contribution < 1.29 is 18.6 Å². The number of hydrogen-bond donors (Lipinski definition) is 0. The lowest BCUT2D eigenvalue weighted by molar-refractivity contribution is -0.00789. The fourth-order valence-electron chi connectivity index (χ4n) is 4.89. The van der Waals surface area contributed by atoms with E-state index in [1.807, 2.05) is 31.4 Å². The van der Waals surface area contributed by atoms with Crippen molar-refractivity contribution in [1.82, 2.24) is 24.4 Å². The van der Waals surface area contributed by atoms with Crippen LogP contribution >= 0.6 is 0 Å². The van der Waals surface area contributed by atoms with Gasteiger partial charge in [-0.1, -0.05) is 6.07 Å². The van der Waals surface area contributed by atoms with E-state index in [4.69, 9.17) is 19.2 Å². The van der Waals surface area contributed by atoms with Gasteiger partial charge in [0.15, 0.2) is 5.65 Å². The van der Waals surface area contributed by atoms with Gasteiger partial charge in [-0.05, 0) is 58.7 Å². The maximum atomic E-state index is 15.2. The molecular formula is C25H32FN5O3. The first-order valence-electron chi connectivity index (χ1n) is 12.0. The molecule has 3 aliphatic heterocycles. The molecule has 34 heavy (non-hydrogen) atoms. The van der Waals surface area contributed by atoms with Crippen molar-refractivity contribution in [2.24, 2.45) is 5.92 Å². The van der Waals surface area contributed by atoms with Crippen LogP contribution in [0.2, 0.25) is 0 Å². The summed E-state index contributed by atoms with van der Waals surface area (Å²) < 4.78 is 34.4. The maximum Gasteiger partial charge on any atom is 0.318 e. The van der Waals surface area contributed by atoms with E-state index in [-0.39, 0.29) is 37.2 Å². The number of imidazole rings is 1. The van der Waals surface area contributed by atoms with Crippen LogP contribution in [-0.4, -0.2) is 63.4 Å². The number of fused-ring (bicyclic) bond motifs is 4. The highest BCUT2D eigenvalue weighted by Gasteiger charge is 2.35. The lowest BCUT2D eigenvalue weighted by Crippen LogP contribution is -2.52. The first kappa shape index (κ1) is 23.0. The number of piperidine rings is 3. The molecular weight excluding hydrogens is 437 g/mol. The summed E-state index contributed by atoms with van der Waals surface area (Å²) in [5.41, 5.74) is 2.49. The quantitative estimate of drug-likeness (QED) is 0.498. The molecule has 3 aromatic rings. The van der Waals surface area contributed by atoms with Crippen LogP contribution in [0.25, 0.3) is 11.2 Å². The Morgan fingerprint density at radius 1 is 1.15 bits per heavy atom. The van der Waals surface area contributed by atoms with Gasteiger partial charge in [0.2, 0.25) is 0 Å². The predicted molar refractivity (Wildman–Crippen MR) is 126 cm³/mol. The molecule has 2 bridgehead atoms. The van der Waals surface area contributed by atoms with Crippen molar-refractivity contribution in [3.8, 4) is 11.8 Å². The first-order valence-corrected chi connectivity index (χ1v) is 12.0. The zero-order chi connectivity index (χ0) is 23.8. The number of rotatable bonds is 8. The van der Waals surface area contributed by atoms with Crippen molar-refractivity contribution in [1.29, 1.82) is 0 Å². The van der Waals surface area contributed by atoms with Gasteiger partial charge in [-0.3, -0.25) is 4.90 Å². The van der Waals surface area contributed by atoms with E-state index in [2.05, 4.69) is 14.9 Å². The highest BCUT2D eigenvalue weighted by molar-refractivity contribution is 5.74. The molecule has 3 aliphatic rings. The summed E-state index contributed by atoms with van der Waals surface area (Å²) >= 11 is 0. The fourth-order valence-corrected chi connectivity index (χ4v) is 4.89.